The van der Waals surface area contributed by atoms with Gasteiger partial charge in [-0.25, -0.2) is 0 Å². The zero-order chi connectivity index (χ0) is 36.5. The molecule has 0 radical (unpaired) electrons. The van der Waals surface area contributed by atoms with Crippen LogP contribution >= 0.6 is 0 Å². The summed E-state index contributed by atoms with van der Waals surface area (Å²) in [6, 6.07) is 28.8. The fourth-order valence-corrected chi connectivity index (χ4v) is 10.6. The van der Waals surface area contributed by atoms with Crippen molar-refractivity contribution in [3.8, 4) is 29.4 Å². The summed E-state index contributed by atoms with van der Waals surface area (Å²) in [6.07, 6.45) is 2.59. The standard InChI is InChI=1S/C43H54O6Si/c1-35(2)37(28-30-44)18-15-16-19-39(49-50(42(3,4)5,40-20-11-9-12-21-40)41-22-13-10-14-23-41)32-43(6,48-34-45-7)29-17-31-47-33-36-24-26-38(46-8)27-25-36/h9-14,20-27,30,37,39H,1,15,18,28,31-34H2,2-8H3/t37-,39?,43?/m0/s1. The van der Waals surface area contributed by atoms with Crippen LogP contribution in [-0.2, 0) is 30.0 Å². The lowest BCUT2D eigenvalue weighted by atomic mass is 9.93. The second-order valence-corrected chi connectivity index (χ2v) is 18.0. The highest BCUT2D eigenvalue weighted by Crippen LogP contribution is 2.38. The Bertz CT molecular complexity index is 1550. The molecule has 0 aliphatic rings. The molecule has 0 spiro atoms. The Morgan fingerprint density at radius 3 is 2.04 bits per heavy atom. The Balaban J connectivity index is 2.01. The quantitative estimate of drug-likeness (QED) is 0.0344. The van der Waals surface area contributed by atoms with Crippen LogP contribution < -0.4 is 15.1 Å². The topological polar surface area (TPSA) is 63.2 Å². The molecule has 0 heterocycles. The predicted octanol–water partition coefficient (Wildman–Crippen LogP) is 7.49. The Kier molecular flexibility index (Phi) is 16.2. The number of benzene rings is 3. The molecule has 0 N–H and O–H groups in total. The van der Waals surface area contributed by atoms with Gasteiger partial charge in [0.2, 0.25) is 0 Å². The normalized spacial score (nSPS) is 13.8. The number of allylic oxidation sites excluding steroid dienone is 1. The van der Waals surface area contributed by atoms with E-state index in [1.165, 1.54) is 0 Å². The summed E-state index contributed by atoms with van der Waals surface area (Å²) < 4.78 is 30.3. The van der Waals surface area contributed by atoms with Gasteiger partial charge in [0.25, 0.3) is 8.32 Å². The second-order valence-electron chi connectivity index (χ2n) is 13.7. The summed E-state index contributed by atoms with van der Waals surface area (Å²) in [6.45, 7) is 15.5. The summed E-state index contributed by atoms with van der Waals surface area (Å²) in [4.78, 5) is 11.3. The Morgan fingerprint density at radius 2 is 1.52 bits per heavy atom. The Morgan fingerprint density at radius 1 is 0.900 bits per heavy atom. The van der Waals surface area contributed by atoms with E-state index in [0.29, 0.717) is 25.9 Å². The smallest absolute Gasteiger partial charge is 0.262 e. The van der Waals surface area contributed by atoms with Crippen molar-refractivity contribution >= 4 is 25.0 Å². The molecule has 0 aliphatic carbocycles. The van der Waals surface area contributed by atoms with Crippen LogP contribution in [0.3, 0.4) is 0 Å². The molecule has 3 aromatic carbocycles. The van der Waals surface area contributed by atoms with Crippen LogP contribution in [0.4, 0.5) is 0 Å². The first-order valence-electron chi connectivity index (χ1n) is 17.2. The molecule has 2 unspecified atom stereocenters. The van der Waals surface area contributed by atoms with Crippen molar-refractivity contribution < 1.29 is 28.2 Å². The number of carbonyl (C=O) groups is 1. The Hall–Kier alpha value is -3.95. The van der Waals surface area contributed by atoms with E-state index in [9.17, 15) is 4.79 Å². The molecule has 266 valence electrons. The minimum absolute atomic E-state index is 0.0588. The highest BCUT2D eigenvalue weighted by molar-refractivity contribution is 6.99. The van der Waals surface area contributed by atoms with Gasteiger partial charge in [-0.05, 0) is 59.3 Å². The SMILES string of the molecule is C=C(C)[C@H](CC=O)CCC#CC(CC(C)(C#CCOCc1ccc(OC)cc1)OCOC)O[Si](c1ccccc1)(c1ccccc1)C(C)(C)C. The first-order chi connectivity index (χ1) is 24.0. The first kappa shape index (κ1) is 40.5. The van der Waals surface area contributed by atoms with Gasteiger partial charge in [0, 0.05) is 26.4 Å². The van der Waals surface area contributed by atoms with Crippen LogP contribution in [0.1, 0.15) is 65.9 Å². The van der Waals surface area contributed by atoms with Gasteiger partial charge < -0.3 is 28.2 Å². The second kappa shape index (κ2) is 20.0. The fourth-order valence-electron chi connectivity index (χ4n) is 5.99. The maximum absolute atomic E-state index is 11.3. The highest BCUT2D eigenvalue weighted by Gasteiger charge is 2.52. The van der Waals surface area contributed by atoms with E-state index >= 15 is 0 Å². The summed E-state index contributed by atoms with van der Waals surface area (Å²) in [7, 11) is 0.268. The van der Waals surface area contributed by atoms with Crippen LogP contribution in [0, 0.1) is 29.6 Å². The first-order valence-corrected chi connectivity index (χ1v) is 19.1. The number of ether oxygens (including phenoxy) is 4. The predicted molar refractivity (Wildman–Crippen MR) is 205 cm³/mol. The van der Waals surface area contributed by atoms with Crippen molar-refractivity contribution in [1.29, 1.82) is 0 Å². The van der Waals surface area contributed by atoms with E-state index < -0.39 is 20.0 Å². The molecule has 50 heavy (non-hydrogen) atoms. The van der Waals surface area contributed by atoms with Gasteiger partial charge in [-0.15, -0.1) is 5.92 Å². The van der Waals surface area contributed by atoms with Crippen LogP contribution in [-0.4, -0.2) is 53.9 Å². The molecule has 0 saturated heterocycles. The lowest BCUT2D eigenvalue weighted by Crippen LogP contribution is -2.67. The van der Waals surface area contributed by atoms with Crippen molar-refractivity contribution in [1.82, 2.24) is 0 Å². The van der Waals surface area contributed by atoms with E-state index in [4.69, 9.17) is 23.4 Å². The highest BCUT2D eigenvalue weighted by atomic mass is 28.4. The molecule has 3 atom stereocenters. The zero-order valence-electron chi connectivity index (χ0n) is 30.9. The minimum atomic E-state index is -2.98. The summed E-state index contributed by atoms with van der Waals surface area (Å²) in [5.74, 6) is 14.3. The molecule has 0 fully saturated rings. The third-order valence-electron chi connectivity index (χ3n) is 8.72. The Labute approximate surface area is 301 Å². The van der Waals surface area contributed by atoms with Crippen molar-refractivity contribution in [3.63, 3.8) is 0 Å². The number of methoxy groups -OCH3 is 2. The van der Waals surface area contributed by atoms with Crippen LogP contribution in [0.15, 0.2) is 97.1 Å². The summed E-state index contributed by atoms with van der Waals surface area (Å²) in [5.41, 5.74) is 1.06. The largest absolute Gasteiger partial charge is 0.497 e. The average molecular weight is 695 g/mol. The van der Waals surface area contributed by atoms with Gasteiger partial charge in [-0.1, -0.05) is 123 Å². The maximum atomic E-state index is 11.3. The van der Waals surface area contributed by atoms with Crippen molar-refractivity contribution in [2.24, 2.45) is 5.92 Å². The van der Waals surface area contributed by atoms with E-state index in [0.717, 1.165) is 40.0 Å². The molecular weight excluding hydrogens is 641 g/mol. The molecule has 3 rings (SSSR count). The van der Waals surface area contributed by atoms with E-state index in [2.05, 4.69) is 99.6 Å². The third kappa shape index (κ3) is 11.8. The van der Waals surface area contributed by atoms with Gasteiger partial charge in [0.1, 0.15) is 37.1 Å². The number of hydrogen-bond donors (Lipinski definition) is 0. The monoisotopic (exact) mass is 694 g/mol. The summed E-state index contributed by atoms with van der Waals surface area (Å²) >= 11 is 0. The van der Waals surface area contributed by atoms with Crippen molar-refractivity contribution in [2.45, 2.75) is 83.7 Å². The fraction of sp³-hybridized carbons (Fsp3) is 0.419. The minimum Gasteiger partial charge on any atom is -0.497 e. The number of hydrogen-bond acceptors (Lipinski definition) is 6. The molecule has 0 bridgehead atoms. The number of carbonyl (C=O) groups excluding carboxylic acids is 1. The molecule has 0 saturated carbocycles. The molecular formula is C43H54O6Si. The lowest BCUT2D eigenvalue weighted by molar-refractivity contribution is -0.108. The van der Waals surface area contributed by atoms with Crippen molar-refractivity contribution in [3.05, 3.63) is 103 Å². The molecule has 0 aliphatic heterocycles. The molecule has 7 heteroatoms. The average Bonchev–Trinajstić information content (AvgIpc) is 3.11. The molecule has 0 amide bonds. The van der Waals surface area contributed by atoms with Gasteiger partial charge >= 0.3 is 0 Å². The van der Waals surface area contributed by atoms with Crippen LogP contribution in [0.2, 0.25) is 5.04 Å². The van der Waals surface area contributed by atoms with Gasteiger partial charge in [-0.3, -0.25) is 0 Å². The lowest BCUT2D eigenvalue weighted by Gasteiger charge is -2.45. The number of aldehydes is 1. The van der Waals surface area contributed by atoms with E-state index in [1.54, 1.807) is 14.2 Å². The molecule has 3 aromatic rings. The van der Waals surface area contributed by atoms with Crippen LogP contribution in [0.25, 0.3) is 0 Å². The van der Waals surface area contributed by atoms with Crippen molar-refractivity contribution in [2.75, 3.05) is 27.6 Å². The van der Waals surface area contributed by atoms with Gasteiger partial charge in [0.15, 0.2) is 0 Å². The summed E-state index contributed by atoms with van der Waals surface area (Å²) in [5, 5.41) is 2.07. The number of rotatable bonds is 18. The van der Waals surface area contributed by atoms with E-state index in [-0.39, 0.29) is 24.4 Å². The maximum Gasteiger partial charge on any atom is 0.262 e. The zero-order valence-corrected chi connectivity index (χ0v) is 31.9. The molecule has 6 nitrogen and oxygen atoms in total. The van der Waals surface area contributed by atoms with Crippen LogP contribution in [0.5, 0.6) is 5.75 Å². The van der Waals surface area contributed by atoms with Gasteiger partial charge in [-0.2, -0.15) is 0 Å². The van der Waals surface area contributed by atoms with Gasteiger partial charge in [0.05, 0.1) is 13.7 Å². The molecule has 0 aromatic heterocycles. The van der Waals surface area contributed by atoms with E-state index in [1.807, 2.05) is 50.2 Å². The third-order valence-corrected chi connectivity index (χ3v) is 13.8.